The number of nitrogens with zero attached hydrogens (tertiary/aromatic N) is 1. The van der Waals surface area contributed by atoms with Crippen molar-refractivity contribution >= 4 is 24.8 Å². The van der Waals surface area contributed by atoms with Gasteiger partial charge in [0.2, 0.25) is 0 Å². The molecule has 1 heterocycles. The molecule has 0 saturated carbocycles. The lowest BCUT2D eigenvalue weighted by molar-refractivity contribution is 0.139. The molecule has 0 spiro atoms. The zero-order valence-corrected chi connectivity index (χ0v) is 12.1. The molecule has 0 aromatic heterocycles. The van der Waals surface area contributed by atoms with Gasteiger partial charge in [-0.25, -0.2) is 0 Å². The number of hydrogen-bond donors (Lipinski definition) is 1. The Labute approximate surface area is 117 Å². The van der Waals surface area contributed by atoms with Crippen LogP contribution in [0.4, 0.5) is 0 Å². The maximum Gasteiger partial charge on any atom is 0.0237 e. The van der Waals surface area contributed by atoms with Gasteiger partial charge in [0.15, 0.2) is 0 Å². The van der Waals surface area contributed by atoms with Gasteiger partial charge in [0.05, 0.1) is 0 Å². The number of nitrogens with one attached hydrogen (secondary N) is 1. The van der Waals surface area contributed by atoms with E-state index in [1.54, 1.807) is 0 Å². The molecule has 0 amide bonds. The number of halogens is 2. The summed E-state index contributed by atoms with van der Waals surface area (Å²) in [5, 5.41) is 3.51. The normalized spacial score (nSPS) is 24.6. The fourth-order valence-electron chi connectivity index (χ4n) is 2.14. The Hall–Kier alpha value is -0.280. The summed E-state index contributed by atoms with van der Waals surface area (Å²) in [5.41, 5.74) is 1.42. The minimum absolute atomic E-state index is 0. The summed E-state index contributed by atoms with van der Waals surface area (Å²) in [7, 11) is 0. The van der Waals surface area contributed by atoms with Crippen LogP contribution in [0.3, 0.4) is 0 Å². The largest absolute Gasteiger partial charge is 0.311 e. The van der Waals surface area contributed by atoms with E-state index in [1.807, 2.05) is 0 Å². The zero-order valence-electron chi connectivity index (χ0n) is 10.4. The Kier molecular flexibility index (Phi) is 7.80. The Morgan fingerprint density at radius 3 is 2.47 bits per heavy atom. The van der Waals surface area contributed by atoms with Crippen LogP contribution in [0.5, 0.6) is 0 Å². The van der Waals surface area contributed by atoms with Crippen molar-refractivity contribution in [3.05, 3.63) is 35.9 Å². The van der Waals surface area contributed by atoms with E-state index in [0.29, 0.717) is 12.1 Å². The predicted molar refractivity (Wildman–Crippen MR) is 78.3 cm³/mol. The Morgan fingerprint density at radius 1 is 1.18 bits per heavy atom. The molecule has 0 bridgehead atoms. The Bertz CT molecular complexity index is 306. The molecular weight excluding hydrogens is 255 g/mol. The number of hydrogen-bond acceptors (Lipinski definition) is 2. The summed E-state index contributed by atoms with van der Waals surface area (Å²) in [4.78, 5) is 2.55. The molecule has 2 atom stereocenters. The van der Waals surface area contributed by atoms with E-state index in [9.17, 15) is 0 Å². The molecule has 1 aliphatic heterocycles. The van der Waals surface area contributed by atoms with Gasteiger partial charge in [-0.3, -0.25) is 4.90 Å². The standard InChI is InChI=1S/C13H20N2.2ClH/c1-11-9-15(12(2)8-14-11)10-13-6-4-3-5-7-13;;/h3-7,11-12,14H,8-10H2,1-2H3;2*1H/t11-,12+;;/m0../s1. The Balaban J connectivity index is 0.00000128. The second kappa shape index (κ2) is 7.93. The van der Waals surface area contributed by atoms with E-state index in [2.05, 4.69) is 54.4 Å². The van der Waals surface area contributed by atoms with Gasteiger partial charge in [-0.1, -0.05) is 30.3 Å². The number of benzene rings is 1. The van der Waals surface area contributed by atoms with Crippen LogP contribution in [0, 0.1) is 0 Å². The molecule has 2 rings (SSSR count). The van der Waals surface area contributed by atoms with Gasteiger partial charge in [0.1, 0.15) is 0 Å². The van der Waals surface area contributed by atoms with Crippen molar-refractivity contribution in [2.24, 2.45) is 0 Å². The third-order valence-electron chi connectivity index (χ3n) is 3.12. The molecule has 2 nitrogen and oxygen atoms in total. The maximum absolute atomic E-state index is 3.51. The van der Waals surface area contributed by atoms with Crippen LogP contribution in [-0.4, -0.2) is 30.1 Å². The van der Waals surface area contributed by atoms with Crippen LogP contribution >= 0.6 is 24.8 Å². The van der Waals surface area contributed by atoms with E-state index in [-0.39, 0.29) is 24.8 Å². The first-order valence-corrected chi connectivity index (χ1v) is 5.77. The van der Waals surface area contributed by atoms with E-state index in [4.69, 9.17) is 0 Å². The first-order valence-electron chi connectivity index (χ1n) is 5.77. The van der Waals surface area contributed by atoms with Crippen molar-refractivity contribution < 1.29 is 0 Å². The van der Waals surface area contributed by atoms with Gasteiger partial charge in [0, 0.05) is 31.7 Å². The average molecular weight is 277 g/mol. The molecule has 1 N–H and O–H groups in total. The highest BCUT2D eigenvalue weighted by molar-refractivity contribution is 5.85. The second-order valence-electron chi connectivity index (χ2n) is 4.57. The fraction of sp³-hybridized carbons (Fsp3) is 0.538. The molecule has 1 aliphatic rings. The predicted octanol–water partition coefficient (Wildman–Crippen LogP) is 2.71. The second-order valence-corrected chi connectivity index (χ2v) is 4.57. The van der Waals surface area contributed by atoms with Gasteiger partial charge in [-0.15, -0.1) is 24.8 Å². The third-order valence-corrected chi connectivity index (χ3v) is 3.12. The highest BCUT2D eigenvalue weighted by atomic mass is 35.5. The van der Waals surface area contributed by atoms with Gasteiger partial charge in [-0.05, 0) is 19.4 Å². The van der Waals surface area contributed by atoms with E-state index in [1.165, 1.54) is 5.56 Å². The van der Waals surface area contributed by atoms with Gasteiger partial charge in [0.25, 0.3) is 0 Å². The van der Waals surface area contributed by atoms with E-state index in [0.717, 1.165) is 19.6 Å². The molecular formula is C13H22Cl2N2. The van der Waals surface area contributed by atoms with Gasteiger partial charge in [-0.2, -0.15) is 0 Å². The highest BCUT2D eigenvalue weighted by Crippen LogP contribution is 2.11. The van der Waals surface area contributed by atoms with Crippen molar-refractivity contribution in [1.29, 1.82) is 0 Å². The van der Waals surface area contributed by atoms with Crippen molar-refractivity contribution in [2.45, 2.75) is 32.5 Å². The quantitative estimate of drug-likeness (QED) is 0.894. The van der Waals surface area contributed by atoms with Crippen LogP contribution < -0.4 is 5.32 Å². The SMILES string of the molecule is C[C@@H]1CN[C@@H](C)CN1Cc1ccccc1.Cl.Cl. The maximum atomic E-state index is 3.51. The van der Waals surface area contributed by atoms with Crippen LogP contribution in [0.2, 0.25) is 0 Å². The lowest BCUT2D eigenvalue weighted by Gasteiger charge is -2.37. The van der Waals surface area contributed by atoms with Gasteiger partial charge < -0.3 is 5.32 Å². The van der Waals surface area contributed by atoms with Crippen LogP contribution in [0.15, 0.2) is 30.3 Å². The molecule has 98 valence electrons. The van der Waals surface area contributed by atoms with Crippen LogP contribution in [0.1, 0.15) is 19.4 Å². The molecule has 1 aromatic rings. The average Bonchev–Trinajstić information content (AvgIpc) is 2.25. The summed E-state index contributed by atoms with van der Waals surface area (Å²) in [6, 6.07) is 12.0. The van der Waals surface area contributed by atoms with Crippen molar-refractivity contribution in [1.82, 2.24) is 10.2 Å². The smallest absolute Gasteiger partial charge is 0.0237 e. The molecule has 0 aliphatic carbocycles. The topological polar surface area (TPSA) is 15.3 Å². The minimum atomic E-state index is 0. The summed E-state index contributed by atoms with van der Waals surface area (Å²) in [6.45, 7) is 7.88. The third kappa shape index (κ3) is 4.84. The molecule has 0 unspecified atom stereocenters. The van der Waals surface area contributed by atoms with Crippen molar-refractivity contribution in [3.63, 3.8) is 0 Å². The van der Waals surface area contributed by atoms with E-state index >= 15 is 0 Å². The number of rotatable bonds is 2. The van der Waals surface area contributed by atoms with Crippen LogP contribution in [-0.2, 0) is 6.54 Å². The molecule has 4 heteroatoms. The molecule has 1 saturated heterocycles. The molecule has 1 aromatic carbocycles. The van der Waals surface area contributed by atoms with Gasteiger partial charge >= 0.3 is 0 Å². The monoisotopic (exact) mass is 276 g/mol. The molecule has 17 heavy (non-hydrogen) atoms. The summed E-state index contributed by atoms with van der Waals surface area (Å²) >= 11 is 0. The lowest BCUT2D eigenvalue weighted by atomic mass is 10.1. The lowest BCUT2D eigenvalue weighted by Crippen LogP contribution is -2.53. The first-order chi connectivity index (χ1) is 7.25. The molecule has 0 radical (unpaired) electrons. The van der Waals surface area contributed by atoms with E-state index < -0.39 is 0 Å². The van der Waals surface area contributed by atoms with Crippen molar-refractivity contribution in [3.8, 4) is 0 Å². The van der Waals surface area contributed by atoms with Crippen molar-refractivity contribution in [2.75, 3.05) is 13.1 Å². The summed E-state index contributed by atoms with van der Waals surface area (Å²) in [5.74, 6) is 0. The highest BCUT2D eigenvalue weighted by Gasteiger charge is 2.21. The summed E-state index contributed by atoms with van der Waals surface area (Å²) in [6.07, 6.45) is 0. The minimum Gasteiger partial charge on any atom is -0.311 e. The summed E-state index contributed by atoms with van der Waals surface area (Å²) < 4.78 is 0. The fourth-order valence-corrected chi connectivity index (χ4v) is 2.14. The molecule has 1 fully saturated rings. The zero-order chi connectivity index (χ0) is 10.7. The first kappa shape index (κ1) is 16.7. The Morgan fingerprint density at radius 2 is 1.82 bits per heavy atom. The number of piperazine rings is 1. The van der Waals surface area contributed by atoms with Crippen LogP contribution in [0.25, 0.3) is 0 Å².